The third-order valence-electron chi connectivity index (χ3n) is 2.90. The maximum absolute atomic E-state index is 12.8. The molecule has 1 saturated carbocycles. The highest BCUT2D eigenvalue weighted by molar-refractivity contribution is 5.82. The summed E-state index contributed by atoms with van der Waals surface area (Å²) in [4.78, 5) is 12.8. The van der Waals surface area contributed by atoms with Gasteiger partial charge in [0.05, 0.1) is 12.6 Å². The van der Waals surface area contributed by atoms with E-state index in [2.05, 4.69) is 0 Å². The minimum atomic E-state index is -2.71. The highest BCUT2D eigenvalue weighted by atomic mass is 19.3. The van der Waals surface area contributed by atoms with Crippen LogP contribution in [0.1, 0.15) is 19.3 Å². The summed E-state index contributed by atoms with van der Waals surface area (Å²) in [7, 11) is 0. The van der Waals surface area contributed by atoms with Crippen molar-refractivity contribution in [2.75, 3.05) is 13.1 Å². The number of rotatable bonds is 2. The molecular formula is C9H14F2N2O. The van der Waals surface area contributed by atoms with Crippen LogP contribution in [0, 0.1) is 5.92 Å². The lowest BCUT2D eigenvalue weighted by atomic mass is 10.2. The monoisotopic (exact) mass is 204 g/mol. The molecule has 1 amide bonds. The zero-order valence-electron chi connectivity index (χ0n) is 7.88. The predicted octanol–water partition coefficient (Wildman–Crippen LogP) is 0.591. The summed E-state index contributed by atoms with van der Waals surface area (Å²) < 4.78 is 25.6. The summed E-state index contributed by atoms with van der Waals surface area (Å²) in [5, 5.41) is 0. The van der Waals surface area contributed by atoms with Crippen LogP contribution in [0.25, 0.3) is 0 Å². The maximum Gasteiger partial charge on any atom is 0.267 e. The number of amides is 1. The highest BCUT2D eigenvalue weighted by Crippen LogP contribution is 2.34. The molecule has 0 radical (unpaired) electrons. The largest absolute Gasteiger partial charge is 0.335 e. The number of likely N-dealkylation sites (tertiary alicyclic amines) is 1. The lowest BCUT2D eigenvalue weighted by Gasteiger charge is -2.20. The van der Waals surface area contributed by atoms with Crippen molar-refractivity contribution in [1.29, 1.82) is 0 Å². The van der Waals surface area contributed by atoms with Gasteiger partial charge in [-0.1, -0.05) is 0 Å². The average Bonchev–Trinajstić information content (AvgIpc) is 2.89. The van der Waals surface area contributed by atoms with Gasteiger partial charge in [-0.15, -0.1) is 0 Å². The summed E-state index contributed by atoms with van der Waals surface area (Å²) in [5.74, 6) is -2.78. The Balaban J connectivity index is 1.92. The first-order chi connectivity index (χ1) is 6.49. The summed E-state index contributed by atoms with van der Waals surface area (Å²) in [6.45, 7) is -0.307. The van der Waals surface area contributed by atoms with Crippen LogP contribution < -0.4 is 5.73 Å². The van der Waals surface area contributed by atoms with Crippen LogP contribution in [-0.4, -0.2) is 35.9 Å². The Morgan fingerprint density at radius 2 is 2.14 bits per heavy atom. The smallest absolute Gasteiger partial charge is 0.267 e. The molecule has 14 heavy (non-hydrogen) atoms. The maximum atomic E-state index is 12.8. The second kappa shape index (κ2) is 3.15. The molecule has 2 N–H and O–H groups in total. The summed E-state index contributed by atoms with van der Waals surface area (Å²) in [5.41, 5.74) is 5.65. The van der Waals surface area contributed by atoms with Gasteiger partial charge in [0.1, 0.15) is 0 Å². The Morgan fingerprint density at radius 1 is 1.50 bits per heavy atom. The first-order valence-electron chi connectivity index (χ1n) is 4.92. The van der Waals surface area contributed by atoms with E-state index < -0.39 is 18.5 Å². The van der Waals surface area contributed by atoms with Crippen molar-refractivity contribution in [3.8, 4) is 0 Å². The van der Waals surface area contributed by atoms with Crippen molar-refractivity contribution in [1.82, 2.24) is 4.90 Å². The highest BCUT2D eigenvalue weighted by Gasteiger charge is 2.43. The summed E-state index contributed by atoms with van der Waals surface area (Å²) >= 11 is 0. The van der Waals surface area contributed by atoms with Crippen LogP contribution in [0.2, 0.25) is 0 Å². The number of hydrogen-bond acceptors (Lipinski definition) is 2. The molecule has 2 fully saturated rings. The lowest BCUT2D eigenvalue weighted by Crippen LogP contribution is -2.44. The van der Waals surface area contributed by atoms with Crippen molar-refractivity contribution in [3.05, 3.63) is 0 Å². The van der Waals surface area contributed by atoms with Gasteiger partial charge in [0.2, 0.25) is 5.91 Å². The summed E-state index contributed by atoms with van der Waals surface area (Å²) in [6.07, 6.45) is 1.68. The van der Waals surface area contributed by atoms with E-state index in [1.807, 2.05) is 0 Å². The third-order valence-corrected chi connectivity index (χ3v) is 2.90. The van der Waals surface area contributed by atoms with Gasteiger partial charge in [-0.25, -0.2) is 8.78 Å². The first-order valence-corrected chi connectivity index (χ1v) is 4.92. The van der Waals surface area contributed by atoms with Gasteiger partial charge in [-0.2, -0.15) is 0 Å². The standard InChI is InChI=1S/C9H14F2N2O/c10-9(11)3-4-13(5-9)8(14)7(12)6-1-2-6/h6-7H,1-5,12H2/t7-/m1/s1. The van der Waals surface area contributed by atoms with Gasteiger partial charge in [0, 0.05) is 13.0 Å². The minimum Gasteiger partial charge on any atom is -0.335 e. The molecule has 0 spiro atoms. The van der Waals surface area contributed by atoms with Crippen molar-refractivity contribution in [3.63, 3.8) is 0 Å². The van der Waals surface area contributed by atoms with E-state index in [9.17, 15) is 13.6 Å². The van der Waals surface area contributed by atoms with Crippen LogP contribution in [0.4, 0.5) is 8.78 Å². The van der Waals surface area contributed by atoms with Gasteiger partial charge in [0.25, 0.3) is 5.92 Å². The van der Waals surface area contributed by atoms with Crippen LogP contribution in [0.15, 0.2) is 0 Å². The minimum absolute atomic E-state index is 0.145. The molecule has 0 unspecified atom stereocenters. The van der Waals surface area contributed by atoms with Crippen molar-refractivity contribution < 1.29 is 13.6 Å². The molecule has 0 aromatic rings. The van der Waals surface area contributed by atoms with E-state index in [0.29, 0.717) is 0 Å². The number of carbonyl (C=O) groups is 1. The van der Waals surface area contributed by atoms with Crippen molar-refractivity contribution in [2.45, 2.75) is 31.2 Å². The van der Waals surface area contributed by atoms with Crippen LogP contribution in [0.5, 0.6) is 0 Å². The Bertz CT molecular complexity index is 253. The number of nitrogens with zero attached hydrogens (tertiary/aromatic N) is 1. The zero-order valence-corrected chi connectivity index (χ0v) is 7.88. The van der Waals surface area contributed by atoms with Gasteiger partial charge in [-0.05, 0) is 18.8 Å². The zero-order chi connectivity index (χ0) is 10.3. The first kappa shape index (κ1) is 9.83. The Morgan fingerprint density at radius 3 is 2.57 bits per heavy atom. The Kier molecular flexibility index (Phi) is 2.21. The quantitative estimate of drug-likeness (QED) is 0.715. The van der Waals surface area contributed by atoms with E-state index in [1.165, 1.54) is 4.90 Å². The topological polar surface area (TPSA) is 46.3 Å². The molecule has 80 valence electrons. The number of carbonyl (C=O) groups excluding carboxylic acids is 1. The lowest BCUT2D eigenvalue weighted by molar-refractivity contribution is -0.133. The molecule has 0 aromatic heterocycles. The molecule has 2 rings (SSSR count). The Labute approximate surface area is 81.2 Å². The van der Waals surface area contributed by atoms with Crippen LogP contribution in [0.3, 0.4) is 0 Å². The van der Waals surface area contributed by atoms with Crippen molar-refractivity contribution in [2.24, 2.45) is 11.7 Å². The fourth-order valence-corrected chi connectivity index (χ4v) is 1.79. The van der Waals surface area contributed by atoms with E-state index >= 15 is 0 Å². The predicted molar refractivity (Wildman–Crippen MR) is 46.8 cm³/mol. The number of halogens is 2. The van der Waals surface area contributed by atoms with Crippen LogP contribution >= 0.6 is 0 Å². The molecule has 1 aliphatic carbocycles. The SMILES string of the molecule is N[C@@H](C(=O)N1CCC(F)(F)C1)C1CC1. The molecule has 1 heterocycles. The normalized spacial score (nSPS) is 27.8. The van der Waals surface area contributed by atoms with E-state index in [4.69, 9.17) is 5.73 Å². The molecule has 3 nitrogen and oxygen atoms in total. The van der Waals surface area contributed by atoms with Gasteiger partial charge in [0.15, 0.2) is 0 Å². The summed E-state index contributed by atoms with van der Waals surface area (Å²) in [6, 6.07) is -0.552. The number of nitrogens with two attached hydrogens (primary N) is 1. The van der Waals surface area contributed by atoms with E-state index in [-0.39, 0.29) is 24.8 Å². The van der Waals surface area contributed by atoms with E-state index in [0.717, 1.165) is 12.8 Å². The van der Waals surface area contributed by atoms with E-state index in [1.54, 1.807) is 0 Å². The fourth-order valence-electron chi connectivity index (χ4n) is 1.79. The third kappa shape index (κ3) is 1.87. The van der Waals surface area contributed by atoms with Gasteiger partial charge < -0.3 is 10.6 Å². The molecule has 2 aliphatic rings. The molecular weight excluding hydrogens is 190 g/mol. The molecule has 0 aromatic carbocycles. The Hall–Kier alpha value is -0.710. The number of alkyl halides is 2. The van der Waals surface area contributed by atoms with Crippen molar-refractivity contribution >= 4 is 5.91 Å². The fraction of sp³-hybridized carbons (Fsp3) is 0.889. The molecule has 5 heteroatoms. The van der Waals surface area contributed by atoms with Gasteiger partial charge >= 0.3 is 0 Å². The molecule has 1 atom stereocenters. The average molecular weight is 204 g/mol. The molecule has 1 saturated heterocycles. The second-order valence-corrected chi connectivity index (χ2v) is 4.23. The number of hydrogen-bond donors (Lipinski definition) is 1. The molecule has 1 aliphatic heterocycles. The van der Waals surface area contributed by atoms with Gasteiger partial charge in [-0.3, -0.25) is 4.79 Å². The van der Waals surface area contributed by atoms with Crippen LogP contribution in [-0.2, 0) is 4.79 Å². The second-order valence-electron chi connectivity index (χ2n) is 4.23. The molecule has 0 bridgehead atoms.